The van der Waals surface area contributed by atoms with Crippen molar-refractivity contribution in [3.8, 4) is 0 Å². The topological polar surface area (TPSA) is 70.9 Å². The average Bonchev–Trinajstić information content (AvgIpc) is 2.61. The first-order valence-electron chi connectivity index (χ1n) is 9.32. The lowest BCUT2D eigenvalue weighted by atomic mass is 10.2. The van der Waals surface area contributed by atoms with Crippen molar-refractivity contribution in [1.29, 1.82) is 0 Å². The van der Waals surface area contributed by atoms with Crippen LogP contribution in [0, 0.1) is 19.8 Å². The Balaban J connectivity index is 2.01. The van der Waals surface area contributed by atoms with Crippen LogP contribution in [-0.2, 0) is 14.8 Å². The fraction of sp³-hybridized carbons (Fsp3) is 0.632. The smallest absolute Gasteiger partial charge is 0.278 e. The fourth-order valence-corrected chi connectivity index (χ4v) is 4.97. The Labute approximate surface area is 157 Å². The molecule has 1 aromatic carbocycles. The van der Waals surface area contributed by atoms with Crippen LogP contribution >= 0.6 is 0 Å². The Kier molecular flexibility index (Phi) is 6.82. The van der Waals surface area contributed by atoms with E-state index in [0.29, 0.717) is 43.5 Å². The van der Waals surface area contributed by atoms with Crippen LogP contribution in [0.1, 0.15) is 31.9 Å². The van der Waals surface area contributed by atoms with E-state index in [1.165, 1.54) is 0 Å². The van der Waals surface area contributed by atoms with Gasteiger partial charge in [0.25, 0.3) is 5.91 Å². The van der Waals surface area contributed by atoms with Gasteiger partial charge in [0.05, 0.1) is 31.1 Å². The molecule has 0 radical (unpaired) electrons. The number of nitrogens with zero attached hydrogens (tertiary/aromatic N) is 1. The van der Waals surface area contributed by atoms with Crippen LogP contribution in [0.25, 0.3) is 0 Å². The van der Waals surface area contributed by atoms with Gasteiger partial charge in [-0.25, -0.2) is 8.42 Å². The Morgan fingerprint density at radius 1 is 1.19 bits per heavy atom. The number of benzene rings is 1. The lowest BCUT2D eigenvalue weighted by molar-refractivity contribution is -0.917. The van der Waals surface area contributed by atoms with E-state index in [4.69, 9.17) is 0 Å². The maximum Gasteiger partial charge on any atom is 0.278 e. The number of sulfonamides is 1. The maximum absolute atomic E-state index is 13.0. The molecule has 1 atom stereocenters. The van der Waals surface area contributed by atoms with Crippen molar-refractivity contribution in [3.05, 3.63) is 29.3 Å². The predicted molar refractivity (Wildman–Crippen MR) is 103 cm³/mol. The first-order valence-corrected chi connectivity index (χ1v) is 10.8. The number of nitrogens with one attached hydrogen (secondary N) is 2. The Morgan fingerprint density at radius 3 is 2.38 bits per heavy atom. The Bertz CT molecular complexity index is 738. The largest absolute Gasteiger partial charge is 0.351 e. The normalized spacial score (nSPS) is 18.1. The molecule has 0 spiro atoms. The summed E-state index contributed by atoms with van der Waals surface area (Å²) in [5.41, 5.74) is 1.71. The highest BCUT2D eigenvalue weighted by Gasteiger charge is 2.34. The standard InChI is InChI=1S/C19H31N3O3S/c1-14(2)13-20-19(23)17(5)21-8-10-22(11-9-21)26(24,25)18-12-15(3)6-7-16(18)4/h6-7,12,14,17H,8-11,13H2,1-5H3,(H,20,23)/p+1/t17-/m0/s1. The van der Waals surface area contributed by atoms with Gasteiger partial charge in [-0.3, -0.25) is 4.79 Å². The van der Waals surface area contributed by atoms with Gasteiger partial charge in [-0.15, -0.1) is 0 Å². The Hall–Kier alpha value is -1.44. The van der Waals surface area contributed by atoms with Crippen LogP contribution in [-0.4, -0.2) is 57.4 Å². The summed E-state index contributed by atoms with van der Waals surface area (Å²) in [5.74, 6) is 0.459. The molecule has 0 unspecified atom stereocenters. The van der Waals surface area contributed by atoms with E-state index in [1.54, 1.807) is 10.4 Å². The van der Waals surface area contributed by atoms with E-state index in [-0.39, 0.29) is 11.9 Å². The molecular weight excluding hydrogens is 350 g/mol. The van der Waals surface area contributed by atoms with Crippen LogP contribution in [0.4, 0.5) is 0 Å². The minimum atomic E-state index is -3.49. The lowest BCUT2D eigenvalue weighted by Crippen LogP contribution is -3.19. The number of hydrogen-bond donors (Lipinski definition) is 2. The summed E-state index contributed by atoms with van der Waals surface area (Å²) in [5, 5.41) is 2.97. The van der Waals surface area contributed by atoms with E-state index >= 15 is 0 Å². The molecule has 0 aromatic heterocycles. The summed E-state index contributed by atoms with van der Waals surface area (Å²) >= 11 is 0. The third-order valence-corrected chi connectivity index (χ3v) is 7.06. The van der Waals surface area contributed by atoms with E-state index in [9.17, 15) is 13.2 Å². The fourth-order valence-electron chi connectivity index (χ4n) is 3.21. The average molecular weight is 383 g/mol. The van der Waals surface area contributed by atoms with Gasteiger partial charge >= 0.3 is 0 Å². The van der Waals surface area contributed by atoms with Gasteiger partial charge in [0.15, 0.2) is 6.04 Å². The van der Waals surface area contributed by atoms with Crippen LogP contribution in [0.5, 0.6) is 0 Å². The summed E-state index contributed by atoms with van der Waals surface area (Å²) in [6.07, 6.45) is 0. The zero-order valence-corrected chi connectivity index (χ0v) is 17.3. The van der Waals surface area contributed by atoms with E-state index in [0.717, 1.165) is 16.0 Å². The number of carbonyl (C=O) groups is 1. The maximum atomic E-state index is 13.0. The minimum absolute atomic E-state index is 0.0412. The van der Waals surface area contributed by atoms with Gasteiger partial charge in [-0.2, -0.15) is 4.31 Å². The molecule has 0 aliphatic carbocycles. The monoisotopic (exact) mass is 382 g/mol. The molecule has 146 valence electrons. The first kappa shape index (κ1) is 20.9. The van der Waals surface area contributed by atoms with Crippen LogP contribution in [0.3, 0.4) is 0 Å². The van der Waals surface area contributed by atoms with Crippen molar-refractivity contribution in [2.24, 2.45) is 5.92 Å². The highest BCUT2D eigenvalue weighted by molar-refractivity contribution is 7.89. The summed E-state index contributed by atoms with van der Waals surface area (Å²) in [7, 11) is -3.49. The van der Waals surface area contributed by atoms with Crippen molar-refractivity contribution in [2.45, 2.75) is 45.6 Å². The van der Waals surface area contributed by atoms with Gasteiger partial charge in [0, 0.05) is 6.54 Å². The molecule has 1 saturated heterocycles. The van der Waals surface area contributed by atoms with Crippen molar-refractivity contribution < 1.29 is 18.1 Å². The second-order valence-corrected chi connectivity index (χ2v) is 9.60. The molecule has 0 saturated carbocycles. The molecule has 1 amide bonds. The van der Waals surface area contributed by atoms with Crippen LogP contribution in [0.2, 0.25) is 0 Å². The van der Waals surface area contributed by atoms with E-state index in [2.05, 4.69) is 19.2 Å². The summed E-state index contributed by atoms with van der Waals surface area (Å²) < 4.78 is 27.5. The molecular formula is C19H32N3O3S+. The first-order chi connectivity index (χ1) is 12.1. The zero-order valence-electron chi connectivity index (χ0n) is 16.5. The number of amides is 1. The third-order valence-electron chi connectivity index (χ3n) is 5.02. The summed E-state index contributed by atoms with van der Waals surface area (Å²) in [6, 6.07) is 5.35. The number of piperazine rings is 1. The van der Waals surface area contributed by atoms with Crippen LogP contribution < -0.4 is 10.2 Å². The van der Waals surface area contributed by atoms with Gasteiger partial charge in [-0.05, 0) is 43.9 Å². The minimum Gasteiger partial charge on any atom is -0.351 e. The third kappa shape index (κ3) is 4.84. The molecule has 26 heavy (non-hydrogen) atoms. The van der Waals surface area contributed by atoms with E-state index < -0.39 is 10.0 Å². The van der Waals surface area contributed by atoms with Gasteiger partial charge in [0.2, 0.25) is 10.0 Å². The molecule has 2 N–H and O–H groups in total. The summed E-state index contributed by atoms with van der Waals surface area (Å²) in [6.45, 7) is 12.6. The molecule has 1 aliphatic heterocycles. The molecule has 1 heterocycles. The Morgan fingerprint density at radius 2 is 1.81 bits per heavy atom. The van der Waals surface area contributed by atoms with Crippen LogP contribution in [0.15, 0.2) is 23.1 Å². The second-order valence-electron chi connectivity index (χ2n) is 7.69. The molecule has 0 bridgehead atoms. The van der Waals surface area contributed by atoms with Crippen molar-refractivity contribution >= 4 is 15.9 Å². The number of hydrogen-bond acceptors (Lipinski definition) is 3. The molecule has 1 aliphatic rings. The molecule has 1 fully saturated rings. The SMILES string of the molecule is Cc1ccc(C)c(S(=O)(=O)N2CC[NH+]([C@@H](C)C(=O)NCC(C)C)CC2)c1. The molecule has 2 rings (SSSR count). The lowest BCUT2D eigenvalue weighted by Gasteiger charge is -2.34. The van der Waals surface area contributed by atoms with Gasteiger partial charge < -0.3 is 10.2 Å². The molecule has 1 aromatic rings. The quantitative estimate of drug-likeness (QED) is 0.746. The second kappa shape index (κ2) is 8.50. The zero-order chi connectivity index (χ0) is 19.5. The molecule has 6 nitrogen and oxygen atoms in total. The van der Waals surface area contributed by atoms with Crippen molar-refractivity contribution in [2.75, 3.05) is 32.7 Å². The highest BCUT2D eigenvalue weighted by Crippen LogP contribution is 2.21. The number of aryl methyl sites for hydroxylation is 2. The summed E-state index contributed by atoms with van der Waals surface area (Å²) in [4.78, 5) is 13.8. The van der Waals surface area contributed by atoms with Gasteiger partial charge in [-0.1, -0.05) is 26.0 Å². The number of carbonyl (C=O) groups excluding carboxylic acids is 1. The highest BCUT2D eigenvalue weighted by atomic mass is 32.2. The van der Waals surface area contributed by atoms with E-state index in [1.807, 2.05) is 32.9 Å². The predicted octanol–water partition coefficient (Wildman–Crippen LogP) is 0.353. The number of rotatable bonds is 6. The molecule has 7 heteroatoms. The van der Waals surface area contributed by atoms with Crippen molar-refractivity contribution in [1.82, 2.24) is 9.62 Å². The number of quaternary nitrogens is 1. The van der Waals surface area contributed by atoms with Crippen molar-refractivity contribution in [3.63, 3.8) is 0 Å². The van der Waals surface area contributed by atoms with Gasteiger partial charge in [0.1, 0.15) is 0 Å².